The highest BCUT2D eigenvalue weighted by Gasteiger charge is 2.35. The molecule has 3 saturated heterocycles. The fourth-order valence-electron chi connectivity index (χ4n) is 4.43. The van der Waals surface area contributed by atoms with Crippen molar-refractivity contribution >= 4 is 5.95 Å². The lowest BCUT2D eigenvalue weighted by atomic mass is 9.95. The molecule has 0 saturated carbocycles. The predicted molar refractivity (Wildman–Crippen MR) is 107 cm³/mol. The summed E-state index contributed by atoms with van der Waals surface area (Å²) in [5.41, 5.74) is 4.09. The van der Waals surface area contributed by atoms with Crippen molar-refractivity contribution in [2.75, 3.05) is 44.8 Å². The minimum atomic E-state index is 0.564. The van der Waals surface area contributed by atoms with Crippen LogP contribution in [0.3, 0.4) is 0 Å². The van der Waals surface area contributed by atoms with E-state index < -0.39 is 0 Å². The molecule has 0 aliphatic carbocycles. The molecule has 0 N–H and O–H groups in total. The number of fused-ring (bicyclic) bond motifs is 4. The average Bonchev–Trinajstić information content (AvgIpc) is 2.98. The standard InChI is InChI=1S/C21H29N5O/c1-15-4-7-19(16(2)23-15)20-8-9-22-21(24-20)26-13-17-5-6-18(14-26)25(12-17)10-11-27-3/h4,7-9,17-18H,5-6,10-14H2,1-3H3/t17-,18-/m1/s1. The summed E-state index contributed by atoms with van der Waals surface area (Å²) in [6.07, 6.45) is 4.43. The van der Waals surface area contributed by atoms with Gasteiger partial charge < -0.3 is 9.64 Å². The lowest BCUT2D eigenvalue weighted by Crippen LogP contribution is -2.45. The van der Waals surface area contributed by atoms with Crippen molar-refractivity contribution in [1.82, 2.24) is 19.9 Å². The summed E-state index contributed by atoms with van der Waals surface area (Å²) in [7, 11) is 1.78. The zero-order chi connectivity index (χ0) is 18.8. The van der Waals surface area contributed by atoms with Crippen LogP contribution in [0, 0.1) is 19.8 Å². The van der Waals surface area contributed by atoms with Crippen LogP contribution in [0.1, 0.15) is 24.2 Å². The molecule has 2 bridgehead atoms. The molecule has 0 radical (unpaired) electrons. The van der Waals surface area contributed by atoms with Crippen molar-refractivity contribution < 1.29 is 4.74 Å². The Balaban J connectivity index is 1.57. The molecule has 2 aromatic heterocycles. The molecule has 27 heavy (non-hydrogen) atoms. The van der Waals surface area contributed by atoms with Crippen molar-refractivity contribution in [2.45, 2.75) is 32.7 Å². The molecular formula is C21H29N5O. The van der Waals surface area contributed by atoms with Crippen molar-refractivity contribution in [1.29, 1.82) is 0 Å². The first kappa shape index (κ1) is 18.3. The molecule has 0 spiro atoms. The van der Waals surface area contributed by atoms with Crippen LogP contribution in [0.2, 0.25) is 0 Å². The van der Waals surface area contributed by atoms with Gasteiger partial charge in [-0.2, -0.15) is 0 Å². The van der Waals surface area contributed by atoms with Crippen LogP contribution in [-0.4, -0.2) is 65.8 Å². The molecule has 0 unspecified atom stereocenters. The molecule has 5 heterocycles. The van der Waals surface area contributed by atoms with Gasteiger partial charge in [-0.15, -0.1) is 0 Å². The van der Waals surface area contributed by atoms with Gasteiger partial charge in [0.15, 0.2) is 0 Å². The van der Waals surface area contributed by atoms with E-state index in [-0.39, 0.29) is 0 Å². The quantitative estimate of drug-likeness (QED) is 0.810. The summed E-state index contributed by atoms with van der Waals surface area (Å²) < 4.78 is 5.30. The summed E-state index contributed by atoms with van der Waals surface area (Å²) in [4.78, 5) is 19.1. The van der Waals surface area contributed by atoms with Crippen LogP contribution in [0.15, 0.2) is 24.4 Å². The summed E-state index contributed by atoms with van der Waals surface area (Å²) in [5, 5.41) is 0. The van der Waals surface area contributed by atoms with Crippen LogP contribution < -0.4 is 4.90 Å². The van der Waals surface area contributed by atoms with Crippen LogP contribution in [0.5, 0.6) is 0 Å². The topological polar surface area (TPSA) is 54.4 Å². The van der Waals surface area contributed by atoms with Crippen molar-refractivity contribution in [2.24, 2.45) is 5.92 Å². The minimum Gasteiger partial charge on any atom is -0.383 e. The van der Waals surface area contributed by atoms with Gasteiger partial charge in [-0.25, -0.2) is 9.97 Å². The summed E-state index contributed by atoms with van der Waals surface area (Å²) in [6, 6.07) is 6.71. The minimum absolute atomic E-state index is 0.564. The van der Waals surface area contributed by atoms with E-state index in [2.05, 4.69) is 25.8 Å². The largest absolute Gasteiger partial charge is 0.383 e. The number of aromatic nitrogens is 3. The molecule has 3 fully saturated rings. The normalized spacial score (nSPS) is 22.9. The van der Waals surface area contributed by atoms with E-state index in [1.165, 1.54) is 12.8 Å². The molecule has 3 aliphatic rings. The van der Waals surface area contributed by atoms with E-state index in [0.717, 1.165) is 61.4 Å². The maximum Gasteiger partial charge on any atom is 0.225 e. The molecule has 0 aromatic carbocycles. The van der Waals surface area contributed by atoms with E-state index in [0.29, 0.717) is 12.0 Å². The Labute approximate surface area is 161 Å². The van der Waals surface area contributed by atoms with Crippen molar-refractivity contribution in [3.63, 3.8) is 0 Å². The fourth-order valence-corrected chi connectivity index (χ4v) is 4.43. The van der Waals surface area contributed by atoms with Gasteiger partial charge in [-0.1, -0.05) is 0 Å². The molecule has 0 amide bonds. The number of anilines is 1. The third kappa shape index (κ3) is 3.96. The van der Waals surface area contributed by atoms with Gasteiger partial charge in [0.25, 0.3) is 0 Å². The third-order valence-corrected chi connectivity index (χ3v) is 5.84. The Morgan fingerprint density at radius 1 is 1.07 bits per heavy atom. The molecule has 6 heteroatoms. The van der Waals surface area contributed by atoms with E-state index in [1.807, 2.05) is 32.2 Å². The van der Waals surface area contributed by atoms with Gasteiger partial charge in [0, 0.05) is 62.5 Å². The molecule has 144 valence electrons. The van der Waals surface area contributed by atoms with E-state index in [9.17, 15) is 0 Å². The number of aryl methyl sites for hydroxylation is 2. The number of rotatable bonds is 5. The zero-order valence-electron chi connectivity index (χ0n) is 16.6. The predicted octanol–water partition coefficient (Wildman–Crippen LogP) is 2.70. The van der Waals surface area contributed by atoms with Crippen LogP contribution >= 0.6 is 0 Å². The molecule has 3 aliphatic heterocycles. The van der Waals surface area contributed by atoms with Gasteiger partial charge in [0.2, 0.25) is 5.95 Å². The summed E-state index contributed by atoms with van der Waals surface area (Å²) >= 11 is 0. The second kappa shape index (κ2) is 7.90. The highest BCUT2D eigenvalue weighted by atomic mass is 16.5. The molecule has 2 aromatic rings. The lowest BCUT2D eigenvalue weighted by molar-refractivity contribution is 0.0889. The first-order valence-corrected chi connectivity index (χ1v) is 9.89. The van der Waals surface area contributed by atoms with E-state index in [4.69, 9.17) is 9.72 Å². The number of hydrogen-bond donors (Lipinski definition) is 0. The second-order valence-corrected chi connectivity index (χ2v) is 7.82. The van der Waals surface area contributed by atoms with Crippen LogP contribution in [0.25, 0.3) is 11.3 Å². The Morgan fingerprint density at radius 3 is 2.78 bits per heavy atom. The number of piperidine rings is 1. The Bertz CT molecular complexity index is 796. The fraction of sp³-hybridized carbons (Fsp3) is 0.571. The van der Waals surface area contributed by atoms with Crippen molar-refractivity contribution in [3.05, 3.63) is 35.8 Å². The number of methoxy groups -OCH3 is 1. The first-order valence-electron chi connectivity index (χ1n) is 9.89. The zero-order valence-corrected chi connectivity index (χ0v) is 16.6. The van der Waals surface area contributed by atoms with Crippen LogP contribution in [0.4, 0.5) is 5.95 Å². The van der Waals surface area contributed by atoms with Gasteiger partial charge in [-0.3, -0.25) is 9.88 Å². The number of pyridine rings is 1. The van der Waals surface area contributed by atoms with Gasteiger partial charge >= 0.3 is 0 Å². The van der Waals surface area contributed by atoms with E-state index in [1.54, 1.807) is 7.11 Å². The van der Waals surface area contributed by atoms with Gasteiger partial charge in [-0.05, 0) is 50.8 Å². The molecular weight excluding hydrogens is 338 g/mol. The maximum absolute atomic E-state index is 5.30. The molecule has 5 rings (SSSR count). The SMILES string of the molecule is COCCN1C[C@H]2CC[C@@H]1CN(c1nccc(-c3ccc(C)nc3C)n1)C2. The highest BCUT2D eigenvalue weighted by molar-refractivity contribution is 5.62. The lowest BCUT2D eigenvalue weighted by Gasteiger charge is -2.35. The first-order chi connectivity index (χ1) is 13.1. The average molecular weight is 367 g/mol. The number of nitrogens with zero attached hydrogens (tertiary/aromatic N) is 5. The highest BCUT2D eigenvalue weighted by Crippen LogP contribution is 2.30. The maximum atomic E-state index is 5.30. The Morgan fingerprint density at radius 2 is 1.96 bits per heavy atom. The van der Waals surface area contributed by atoms with Gasteiger partial charge in [0.1, 0.15) is 0 Å². The Kier molecular flexibility index (Phi) is 5.36. The summed E-state index contributed by atoms with van der Waals surface area (Å²) in [5.74, 6) is 1.52. The number of ether oxygens (including phenoxy) is 1. The Hall–Kier alpha value is -2.05. The number of hydrogen-bond acceptors (Lipinski definition) is 6. The van der Waals surface area contributed by atoms with Crippen LogP contribution in [-0.2, 0) is 4.74 Å². The second-order valence-electron chi connectivity index (χ2n) is 7.82. The molecule has 2 atom stereocenters. The smallest absolute Gasteiger partial charge is 0.225 e. The van der Waals surface area contributed by atoms with Crippen molar-refractivity contribution in [3.8, 4) is 11.3 Å². The third-order valence-electron chi connectivity index (χ3n) is 5.84. The molecule has 6 nitrogen and oxygen atoms in total. The van der Waals surface area contributed by atoms with E-state index >= 15 is 0 Å². The summed E-state index contributed by atoms with van der Waals surface area (Å²) in [6.45, 7) is 9.07. The van der Waals surface area contributed by atoms with Gasteiger partial charge in [0.05, 0.1) is 12.3 Å². The monoisotopic (exact) mass is 367 g/mol.